The summed E-state index contributed by atoms with van der Waals surface area (Å²) in [4.78, 5) is 12.3. The Hall–Kier alpha value is -1.36. The van der Waals surface area contributed by atoms with E-state index in [0.29, 0.717) is 12.1 Å². The Kier molecular flexibility index (Phi) is 7.43. The standard InChI is InChI=1S/C16H30N4O/c1-12(2)7-5-8-13(3)19-16(21)15-11-18-20(14(15)4)10-6-9-17/h11-13H,5-10,17H2,1-4H3,(H,19,21). The average molecular weight is 294 g/mol. The molecule has 0 aliphatic carbocycles. The zero-order chi connectivity index (χ0) is 15.8. The Morgan fingerprint density at radius 1 is 1.33 bits per heavy atom. The molecule has 0 spiro atoms. The predicted molar refractivity (Wildman–Crippen MR) is 86.3 cm³/mol. The quantitative estimate of drug-likeness (QED) is 0.735. The van der Waals surface area contributed by atoms with Gasteiger partial charge in [0.25, 0.3) is 5.91 Å². The van der Waals surface area contributed by atoms with E-state index in [1.54, 1.807) is 6.20 Å². The van der Waals surface area contributed by atoms with Gasteiger partial charge in [-0.2, -0.15) is 5.10 Å². The van der Waals surface area contributed by atoms with Crippen LogP contribution in [-0.4, -0.2) is 28.3 Å². The molecular formula is C16H30N4O. The second kappa shape index (κ2) is 8.82. The van der Waals surface area contributed by atoms with Crippen LogP contribution >= 0.6 is 0 Å². The number of aromatic nitrogens is 2. The van der Waals surface area contributed by atoms with Crippen LogP contribution in [0.15, 0.2) is 6.20 Å². The van der Waals surface area contributed by atoms with Crippen molar-refractivity contribution in [2.24, 2.45) is 11.7 Å². The van der Waals surface area contributed by atoms with Crippen LogP contribution in [0.2, 0.25) is 0 Å². The van der Waals surface area contributed by atoms with E-state index in [0.717, 1.165) is 37.4 Å². The molecule has 1 atom stereocenters. The highest BCUT2D eigenvalue weighted by Crippen LogP contribution is 2.11. The molecule has 3 N–H and O–H groups in total. The second-order valence-electron chi connectivity index (χ2n) is 6.21. The van der Waals surface area contributed by atoms with Crippen molar-refractivity contribution in [1.82, 2.24) is 15.1 Å². The molecule has 21 heavy (non-hydrogen) atoms. The fourth-order valence-corrected chi connectivity index (χ4v) is 2.34. The van der Waals surface area contributed by atoms with Gasteiger partial charge in [-0.25, -0.2) is 0 Å². The predicted octanol–water partition coefficient (Wildman–Crippen LogP) is 2.48. The maximum absolute atomic E-state index is 12.3. The highest BCUT2D eigenvalue weighted by atomic mass is 16.1. The van der Waals surface area contributed by atoms with E-state index < -0.39 is 0 Å². The van der Waals surface area contributed by atoms with E-state index in [2.05, 4.69) is 31.2 Å². The van der Waals surface area contributed by atoms with Crippen molar-refractivity contribution in [3.63, 3.8) is 0 Å². The van der Waals surface area contributed by atoms with Crippen molar-refractivity contribution < 1.29 is 4.79 Å². The summed E-state index contributed by atoms with van der Waals surface area (Å²) >= 11 is 0. The highest BCUT2D eigenvalue weighted by Gasteiger charge is 2.15. The minimum absolute atomic E-state index is 0.0245. The van der Waals surface area contributed by atoms with Crippen molar-refractivity contribution in [2.45, 2.75) is 66.0 Å². The first-order valence-electron chi connectivity index (χ1n) is 7.99. The van der Waals surface area contributed by atoms with Crippen LogP contribution in [0.1, 0.15) is 62.5 Å². The van der Waals surface area contributed by atoms with Gasteiger partial charge in [0.05, 0.1) is 11.8 Å². The lowest BCUT2D eigenvalue weighted by molar-refractivity contribution is 0.0937. The van der Waals surface area contributed by atoms with Crippen LogP contribution in [0.3, 0.4) is 0 Å². The summed E-state index contributed by atoms with van der Waals surface area (Å²) in [6.07, 6.45) is 5.89. The Labute approximate surface area is 128 Å². The lowest BCUT2D eigenvalue weighted by Crippen LogP contribution is -2.32. The van der Waals surface area contributed by atoms with Gasteiger partial charge in [0.15, 0.2) is 0 Å². The smallest absolute Gasteiger partial charge is 0.254 e. The summed E-state index contributed by atoms with van der Waals surface area (Å²) < 4.78 is 1.85. The van der Waals surface area contributed by atoms with E-state index in [1.807, 2.05) is 11.6 Å². The summed E-state index contributed by atoms with van der Waals surface area (Å²) in [5, 5.41) is 7.33. The molecule has 0 aromatic carbocycles. The van der Waals surface area contributed by atoms with Gasteiger partial charge in [-0.15, -0.1) is 0 Å². The molecule has 0 radical (unpaired) electrons. The zero-order valence-corrected chi connectivity index (χ0v) is 13.9. The Bertz CT molecular complexity index is 439. The number of nitrogens with zero attached hydrogens (tertiary/aromatic N) is 2. The van der Waals surface area contributed by atoms with E-state index in [-0.39, 0.29) is 11.9 Å². The summed E-state index contributed by atoms with van der Waals surface area (Å²) in [6.45, 7) is 9.84. The third kappa shape index (κ3) is 5.87. The van der Waals surface area contributed by atoms with Crippen molar-refractivity contribution in [1.29, 1.82) is 0 Å². The molecule has 0 saturated heterocycles. The van der Waals surface area contributed by atoms with E-state index in [4.69, 9.17) is 5.73 Å². The molecule has 5 heteroatoms. The van der Waals surface area contributed by atoms with Crippen LogP contribution in [-0.2, 0) is 6.54 Å². The first-order valence-corrected chi connectivity index (χ1v) is 7.99. The first-order chi connectivity index (χ1) is 9.95. The fourth-order valence-electron chi connectivity index (χ4n) is 2.34. The van der Waals surface area contributed by atoms with Crippen molar-refractivity contribution in [2.75, 3.05) is 6.54 Å². The zero-order valence-electron chi connectivity index (χ0n) is 13.9. The number of hydrogen-bond donors (Lipinski definition) is 2. The van der Waals surface area contributed by atoms with Gasteiger partial charge in [0.1, 0.15) is 0 Å². The molecule has 0 aliphatic rings. The van der Waals surface area contributed by atoms with Crippen LogP contribution in [0.5, 0.6) is 0 Å². The van der Waals surface area contributed by atoms with Gasteiger partial charge in [-0.05, 0) is 39.2 Å². The molecule has 5 nitrogen and oxygen atoms in total. The summed E-state index contributed by atoms with van der Waals surface area (Å²) in [5.41, 5.74) is 7.09. The summed E-state index contributed by atoms with van der Waals surface area (Å²) in [5.74, 6) is 0.694. The number of rotatable bonds is 9. The Morgan fingerprint density at radius 3 is 2.67 bits per heavy atom. The van der Waals surface area contributed by atoms with Gasteiger partial charge < -0.3 is 11.1 Å². The Balaban J connectivity index is 2.49. The van der Waals surface area contributed by atoms with E-state index in [1.165, 1.54) is 6.42 Å². The second-order valence-corrected chi connectivity index (χ2v) is 6.21. The number of nitrogens with two attached hydrogens (primary N) is 1. The topological polar surface area (TPSA) is 72.9 Å². The van der Waals surface area contributed by atoms with Crippen molar-refractivity contribution >= 4 is 5.91 Å². The lowest BCUT2D eigenvalue weighted by atomic mass is 10.0. The molecule has 0 bridgehead atoms. The first kappa shape index (κ1) is 17.7. The van der Waals surface area contributed by atoms with Crippen LogP contribution < -0.4 is 11.1 Å². The minimum atomic E-state index is -0.0245. The molecule has 1 heterocycles. The molecular weight excluding hydrogens is 264 g/mol. The van der Waals surface area contributed by atoms with E-state index >= 15 is 0 Å². The van der Waals surface area contributed by atoms with Gasteiger partial charge >= 0.3 is 0 Å². The Morgan fingerprint density at radius 2 is 2.05 bits per heavy atom. The minimum Gasteiger partial charge on any atom is -0.349 e. The van der Waals surface area contributed by atoms with Crippen LogP contribution in [0.4, 0.5) is 0 Å². The average Bonchev–Trinajstić information content (AvgIpc) is 2.77. The third-order valence-corrected chi connectivity index (χ3v) is 3.72. The van der Waals surface area contributed by atoms with E-state index in [9.17, 15) is 4.79 Å². The molecule has 1 amide bonds. The highest BCUT2D eigenvalue weighted by molar-refractivity contribution is 5.95. The van der Waals surface area contributed by atoms with Crippen LogP contribution in [0.25, 0.3) is 0 Å². The number of carbonyl (C=O) groups is 1. The lowest BCUT2D eigenvalue weighted by Gasteiger charge is -2.14. The normalized spacial score (nSPS) is 12.7. The molecule has 0 saturated carbocycles. The fraction of sp³-hybridized carbons (Fsp3) is 0.750. The summed E-state index contributed by atoms with van der Waals surface area (Å²) in [7, 11) is 0. The molecule has 1 aromatic rings. The van der Waals surface area contributed by atoms with Crippen molar-refractivity contribution in [3.05, 3.63) is 17.5 Å². The molecule has 1 unspecified atom stereocenters. The van der Waals surface area contributed by atoms with Crippen LogP contribution in [0, 0.1) is 12.8 Å². The molecule has 0 aliphatic heterocycles. The SMILES string of the molecule is Cc1c(C(=O)NC(C)CCCC(C)C)cnn1CCCN. The number of amides is 1. The number of nitrogens with one attached hydrogen (secondary N) is 1. The maximum atomic E-state index is 12.3. The number of carbonyl (C=O) groups excluding carboxylic acids is 1. The monoisotopic (exact) mass is 294 g/mol. The number of hydrogen-bond acceptors (Lipinski definition) is 3. The summed E-state index contributed by atoms with van der Waals surface area (Å²) in [6, 6.07) is 0.197. The third-order valence-electron chi connectivity index (χ3n) is 3.72. The molecule has 1 rings (SSSR count). The van der Waals surface area contributed by atoms with Gasteiger partial charge in [0.2, 0.25) is 0 Å². The molecule has 0 fully saturated rings. The van der Waals surface area contributed by atoms with Crippen molar-refractivity contribution in [3.8, 4) is 0 Å². The number of aryl methyl sites for hydroxylation is 1. The van der Waals surface area contributed by atoms with Gasteiger partial charge in [0, 0.05) is 18.3 Å². The van der Waals surface area contributed by atoms with Gasteiger partial charge in [-0.1, -0.05) is 26.7 Å². The molecule has 120 valence electrons. The van der Waals surface area contributed by atoms with Gasteiger partial charge in [-0.3, -0.25) is 9.48 Å². The largest absolute Gasteiger partial charge is 0.349 e. The maximum Gasteiger partial charge on any atom is 0.254 e. The molecule has 1 aromatic heterocycles.